The average Bonchev–Trinajstić information content (AvgIpc) is 2.41. The molecular weight excluding hydrogens is 292 g/mol. The van der Waals surface area contributed by atoms with Gasteiger partial charge in [0.2, 0.25) is 5.95 Å². The van der Waals surface area contributed by atoms with Crippen LogP contribution in [0.1, 0.15) is 61.0 Å². The zero-order chi connectivity index (χ0) is 16.0. The molecule has 4 aliphatic rings. The number of rotatable bonds is 5. The number of primary amides is 1. The number of nitrogens with zero attached hydrogens (tertiary/aromatic N) is 2. The number of amides is 1. The first kappa shape index (κ1) is 14.9. The number of hydrogen-bond donors (Lipinski definition) is 3. The number of aromatic nitrogens is 2. The van der Waals surface area contributed by atoms with Crippen molar-refractivity contribution in [2.75, 3.05) is 5.32 Å². The smallest absolute Gasteiger partial charge is 0.252 e. The molecule has 124 valence electrons. The number of anilines is 1. The molecule has 23 heavy (non-hydrogen) atoms. The van der Waals surface area contributed by atoms with E-state index in [1.807, 2.05) is 0 Å². The predicted octanol–water partition coefficient (Wildman–Crippen LogP) is 1.63. The normalized spacial score (nSPS) is 35.1. The van der Waals surface area contributed by atoms with Crippen LogP contribution in [0.4, 0.5) is 5.95 Å². The molecule has 0 aromatic carbocycles. The van der Waals surface area contributed by atoms with Crippen molar-refractivity contribution < 1.29 is 9.90 Å². The maximum absolute atomic E-state index is 11.7. The van der Waals surface area contributed by atoms with Crippen LogP contribution < -0.4 is 11.1 Å². The first-order chi connectivity index (χ1) is 11.0. The Morgan fingerprint density at radius 1 is 1.39 bits per heavy atom. The van der Waals surface area contributed by atoms with E-state index in [1.165, 1.54) is 19.3 Å². The summed E-state index contributed by atoms with van der Waals surface area (Å²) in [4.78, 5) is 20.5. The lowest BCUT2D eigenvalue weighted by atomic mass is 9.43. The van der Waals surface area contributed by atoms with Gasteiger partial charge in [0.25, 0.3) is 5.91 Å². The van der Waals surface area contributed by atoms with E-state index in [2.05, 4.69) is 15.3 Å². The summed E-state index contributed by atoms with van der Waals surface area (Å²) in [6.45, 7) is 0. The highest BCUT2D eigenvalue weighted by atomic mass is 16.3. The van der Waals surface area contributed by atoms with Crippen molar-refractivity contribution in [3.63, 3.8) is 0 Å². The highest BCUT2D eigenvalue weighted by Gasteiger charge is 2.56. The third kappa shape index (κ3) is 2.80. The second kappa shape index (κ2) is 5.44. The minimum Gasteiger partial charge on any atom is -0.393 e. The number of nitrogens with two attached hydrogens (primary N) is 1. The molecule has 0 saturated heterocycles. The Morgan fingerprint density at radius 3 is 2.78 bits per heavy atom. The van der Waals surface area contributed by atoms with E-state index in [0.29, 0.717) is 16.9 Å². The van der Waals surface area contributed by atoms with Crippen molar-refractivity contribution in [1.29, 1.82) is 0 Å². The number of aliphatic hydroxyl groups excluding tert-OH is 1. The Kier molecular flexibility index (Phi) is 3.52. The maximum Gasteiger partial charge on any atom is 0.252 e. The fourth-order valence-electron chi connectivity index (χ4n) is 4.53. The van der Waals surface area contributed by atoms with Crippen LogP contribution in [0.25, 0.3) is 0 Å². The van der Waals surface area contributed by atoms with E-state index in [-0.39, 0.29) is 12.1 Å². The lowest BCUT2D eigenvalue weighted by Crippen LogP contribution is -2.53. The molecule has 1 aromatic rings. The number of hydrogen-bond acceptors (Lipinski definition) is 5. The molecule has 4 N–H and O–H groups in total. The van der Waals surface area contributed by atoms with Gasteiger partial charge in [-0.2, -0.15) is 0 Å². The molecule has 5 rings (SSSR count). The molecule has 4 saturated carbocycles. The van der Waals surface area contributed by atoms with Crippen LogP contribution in [0.3, 0.4) is 0 Å². The largest absolute Gasteiger partial charge is 0.393 e. The van der Waals surface area contributed by atoms with Gasteiger partial charge in [0, 0.05) is 12.2 Å². The van der Waals surface area contributed by atoms with Gasteiger partial charge in [-0.25, -0.2) is 9.97 Å². The van der Waals surface area contributed by atoms with Crippen LogP contribution in [0.5, 0.6) is 0 Å². The van der Waals surface area contributed by atoms with Gasteiger partial charge in [0.15, 0.2) is 0 Å². The molecule has 1 heterocycles. The highest BCUT2D eigenvalue weighted by Crippen LogP contribution is 2.65. The molecule has 4 aliphatic carbocycles. The third-order valence-electron chi connectivity index (χ3n) is 5.82. The van der Waals surface area contributed by atoms with E-state index < -0.39 is 5.91 Å². The SMILES string of the molecule is NC(=O)c1cnc(N[C@@H]2CCC[C@H](O)C2)nc1CC12CC(C1)C2. The number of nitrogens with one attached hydrogen (secondary N) is 1. The van der Waals surface area contributed by atoms with Gasteiger partial charge in [-0.3, -0.25) is 4.79 Å². The molecule has 1 aromatic heterocycles. The van der Waals surface area contributed by atoms with E-state index in [4.69, 9.17) is 5.73 Å². The monoisotopic (exact) mass is 316 g/mol. The molecule has 0 unspecified atom stereocenters. The van der Waals surface area contributed by atoms with E-state index in [1.54, 1.807) is 6.20 Å². The summed E-state index contributed by atoms with van der Waals surface area (Å²) in [5, 5.41) is 13.1. The third-order valence-corrected chi connectivity index (χ3v) is 5.82. The molecular formula is C17H24N4O2. The summed E-state index contributed by atoms with van der Waals surface area (Å²) in [7, 11) is 0. The first-order valence-electron chi connectivity index (χ1n) is 8.63. The Balaban J connectivity index is 1.52. The van der Waals surface area contributed by atoms with Crippen molar-refractivity contribution in [3.8, 4) is 0 Å². The molecule has 6 nitrogen and oxygen atoms in total. The zero-order valence-electron chi connectivity index (χ0n) is 13.3. The molecule has 0 spiro atoms. The molecule has 6 heteroatoms. The van der Waals surface area contributed by atoms with Crippen molar-refractivity contribution in [2.45, 2.75) is 63.5 Å². The van der Waals surface area contributed by atoms with Gasteiger partial charge < -0.3 is 16.2 Å². The maximum atomic E-state index is 11.7. The quantitative estimate of drug-likeness (QED) is 0.766. The predicted molar refractivity (Wildman–Crippen MR) is 85.9 cm³/mol. The van der Waals surface area contributed by atoms with Gasteiger partial charge >= 0.3 is 0 Å². The van der Waals surface area contributed by atoms with E-state index >= 15 is 0 Å². The topological polar surface area (TPSA) is 101 Å². The van der Waals surface area contributed by atoms with Crippen LogP contribution in [0, 0.1) is 11.3 Å². The van der Waals surface area contributed by atoms with Crippen LogP contribution in [0.2, 0.25) is 0 Å². The number of carbonyl (C=O) groups is 1. The van der Waals surface area contributed by atoms with Crippen LogP contribution in [-0.2, 0) is 6.42 Å². The first-order valence-corrected chi connectivity index (χ1v) is 8.63. The van der Waals surface area contributed by atoms with Gasteiger partial charge in [-0.15, -0.1) is 0 Å². The van der Waals surface area contributed by atoms with Gasteiger partial charge in [-0.05, 0) is 62.7 Å². The number of aliphatic hydroxyl groups is 1. The minimum absolute atomic E-state index is 0.195. The van der Waals surface area contributed by atoms with Crippen molar-refractivity contribution >= 4 is 11.9 Å². The molecule has 0 radical (unpaired) electrons. The lowest BCUT2D eigenvalue weighted by Gasteiger charge is -2.62. The van der Waals surface area contributed by atoms with Crippen LogP contribution >= 0.6 is 0 Å². The minimum atomic E-state index is -0.453. The fourth-order valence-corrected chi connectivity index (χ4v) is 4.53. The van der Waals surface area contributed by atoms with E-state index in [9.17, 15) is 9.90 Å². The number of carbonyl (C=O) groups excluding carboxylic acids is 1. The second-order valence-electron chi connectivity index (χ2n) is 7.74. The summed E-state index contributed by atoms with van der Waals surface area (Å²) in [6, 6.07) is 0.195. The Hall–Kier alpha value is -1.69. The summed E-state index contributed by atoms with van der Waals surface area (Å²) < 4.78 is 0. The fraction of sp³-hybridized carbons (Fsp3) is 0.706. The summed E-state index contributed by atoms with van der Waals surface area (Å²) in [6.07, 6.45) is 9.52. The van der Waals surface area contributed by atoms with Crippen LogP contribution in [-0.4, -0.2) is 33.1 Å². The van der Waals surface area contributed by atoms with Crippen molar-refractivity contribution in [1.82, 2.24) is 9.97 Å². The second-order valence-corrected chi connectivity index (χ2v) is 7.74. The van der Waals surface area contributed by atoms with Gasteiger partial charge in [-0.1, -0.05) is 0 Å². The molecule has 1 amide bonds. The average molecular weight is 316 g/mol. The summed E-state index contributed by atoms with van der Waals surface area (Å²) in [5.74, 6) is 0.997. The Labute approximate surface area is 135 Å². The molecule has 4 fully saturated rings. The molecule has 0 aliphatic heterocycles. The summed E-state index contributed by atoms with van der Waals surface area (Å²) >= 11 is 0. The standard InChI is InChI=1S/C17H24N4O2/c18-15(23)13-9-19-16(20-11-2-1-3-12(22)4-11)21-14(13)8-17-5-10(6-17)7-17/h9-12,22H,1-8H2,(H2,18,23)(H,19,20,21)/t10?,11-,12+,17?/m1/s1. The van der Waals surface area contributed by atoms with Crippen molar-refractivity contribution in [3.05, 3.63) is 17.5 Å². The summed E-state index contributed by atoms with van der Waals surface area (Å²) in [5.41, 5.74) is 7.08. The Morgan fingerprint density at radius 2 is 2.17 bits per heavy atom. The van der Waals surface area contributed by atoms with Crippen LogP contribution in [0.15, 0.2) is 6.20 Å². The van der Waals surface area contributed by atoms with Gasteiger partial charge in [0.1, 0.15) is 0 Å². The highest BCUT2D eigenvalue weighted by molar-refractivity contribution is 5.93. The van der Waals surface area contributed by atoms with E-state index in [0.717, 1.165) is 43.7 Å². The molecule has 2 bridgehead atoms. The Bertz CT molecular complexity index is 616. The van der Waals surface area contributed by atoms with Gasteiger partial charge in [0.05, 0.1) is 17.4 Å². The zero-order valence-corrected chi connectivity index (χ0v) is 13.3. The lowest BCUT2D eigenvalue weighted by molar-refractivity contribution is -0.105. The van der Waals surface area contributed by atoms with Crippen molar-refractivity contribution in [2.24, 2.45) is 17.1 Å². The molecule has 2 atom stereocenters.